The maximum absolute atomic E-state index is 10.4. The van der Waals surface area contributed by atoms with Crippen molar-refractivity contribution >= 4 is 0 Å². The average Bonchev–Trinajstić information content (AvgIpc) is 2.41. The lowest BCUT2D eigenvalue weighted by atomic mass is 9.97. The van der Waals surface area contributed by atoms with E-state index < -0.39 is 0 Å². The van der Waals surface area contributed by atoms with Crippen molar-refractivity contribution in [2.45, 2.75) is 58.1 Å². The maximum atomic E-state index is 10.4. The van der Waals surface area contributed by atoms with Gasteiger partial charge >= 0.3 is 0 Å². The van der Waals surface area contributed by atoms with Gasteiger partial charge in [-0.25, -0.2) is 0 Å². The number of likely N-dealkylation sites (tertiary alicyclic amines) is 1. The fraction of sp³-hybridized carbons (Fsp3) is 0.647. The minimum absolute atomic E-state index is 0.350. The minimum atomic E-state index is -0.350. The first kappa shape index (κ1) is 14.5. The Kier molecular flexibility index (Phi) is 5.41. The highest BCUT2D eigenvalue weighted by atomic mass is 16.3. The van der Waals surface area contributed by atoms with Gasteiger partial charge in [0, 0.05) is 12.6 Å². The quantitative estimate of drug-likeness (QED) is 0.874. The van der Waals surface area contributed by atoms with Crippen molar-refractivity contribution < 1.29 is 5.11 Å². The molecule has 1 aliphatic rings. The molecule has 1 N–H and O–H groups in total. The summed E-state index contributed by atoms with van der Waals surface area (Å²) in [7, 11) is 0. The lowest BCUT2D eigenvalue weighted by Crippen LogP contribution is -2.41. The molecular weight excluding hydrogens is 234 g/mol. The molecule has 1 heterocycles. The molecule has 0 aromatic heterocycles. The first-order valence-corrected chi connectivity index (χ1v) is 7.69. The van der Waals surface area contributed by atoms with Crippen LogP contribution in [0.25, 0.3) is 0 Å². The summed E-state index contributed by atoms with van der Waals surface area (Å²) >= 11 is 0. The van der Waals surface area contributed by atoms with Crippen LogP contribution < -0.4 is 0 Å². The summed E-state index contributed by atoms with van der Waals surface area (Å²) in [5, 5.41) is 10.4. The van der Waals surface area contributed by atoms with Crippen molar-refractivity contribution in [2.75, 3.05) is 13.1 Å². The molecule has 0 radical (unpaired) electrons. The van der Waals surface area contributed by atoms with Crippen molar-refractivity contribution in [3.63, 3.8) is 0 Å². The van der Waals surface area contributed by atoms with Gasteiger partial charge in [-0.2, -0.15) is 0 Å². The van der Waals surface area contributed by atoms with Crippen molar-refractivity contribution in [2.24, 2.45) is 0 Å². The smallest absolute Gasteiger partial charge is 0.0917 e. The minimum Gasteiger partial charge on any atom is -0.387 e. The molecule has 0 amide bonds. The average molecular weight is 261 g/mol. The molecule has 0 aliphatic carbocycles. The molecule has 106 valence electrons. The molecule has 2 rings (SSSR count). The van der Waals surface area contributed by atoms with Crippen molar-refractivity contribution in [1.29, 1.82) is 0 Å². The summed E-state index contributed by atoms with van der Waals surface area (Å²) in [6.07, 6.45) is 6.08. The van der Waals surface area contributed by atoms with Crippen LogP contribution in [0.1, 0.15) is 56.3 Å². The Hall–Kier alpha value is -0.860. The predicted molar refractivity (Wildman–Crippen MR) is 80.3 cm³/mol. The second-order valence-electron chi connectivity index (χ2n) is 5.86. The number of aliphatic hydroxyl groups excluding tert-OH is 1. The molecule has 0 saturated carbocycles. The Labute approximate surface area is 117 Å². The number of β-amino-alcohol motifs (C(OH)–C–C–N with tert-alkyl or cyclic N) is 1. The lowest BCUT2D eigenvalue weighted by molar-refractivity contribution is 0.0635. The van der Waals surface area contributed by atoms with Crippen LogP contribution in [0.2, 0.25) is 0 Å². The summed E-state index contributed by atoms with van der Waals surface area (Å²) in [5.74, 6) is 0. The first-order chi connectivity index (χ1) is 9.20. The fourth-order valence-corrected chi connectivity index (χ4v) is 3.17. The molecule has 1 saturated heterocycles. The van der Waals surface area contributed by atoms with E-state index >= 15 is 0 Å². The van der Waals surface area contributed by atoms with E-state index in [1.165, 1.54) is 37.7 Å². The monoisotopic (exact) mass is 261 g/mol. The Balaban J connectivity index is 1.98. The van der Waals surface area contributed by atoms with Crippen LogP contribution >= 0.6 is 0 Å². The van der Waals surface area contributed by atoms with Gasteiger partial charge in [-0.1, -0.05) is 49.6 Å². The van der Waals surface area contributed by atoms with Gasteiger partial charge in [-0.15, -0.1) is 0 Å². The zero-order chi connectivity index (χ0) is 13.7. The number of hydrogen-bond donors (Lipinski definition) is 1. The summed E-state index contributed by atoms with van der Waals surface area (Å²) in [5.41, 5.74) is 2.28. The van der Waals surface area contributed by atoms with E-state index in [0.717, 1.165) is 18.7 Å². The van der Waals surface area contributed by atoms with E-state index in [4.69, 9.17) is 0 Å². The van der Waals surface area contributed by atoms with Crippen LogP contribution in [0.3, 0.4) is 0 Å². The Morgan fingerprint density at radius 3 is 2.95 bits per heavy atom. The van der Waals surface area contributed by atoms with Gasteiger partial charge in [0.15, 0.2) is 0 Å². The second kappa shape index (κ2) is 7.06. The lowest BCUT2D eigenvalue weighted by Gasteiger charge is -2.37. The Morgan fingerprint density at radius 1 is 1.37 bits per heavy atom. The first-order valence-electron chi connectivity index (χ1n) is 7.69. The number of nitrogens with zero attached hydrogens (tertiary/aromatic N) is 1. The van der Waals surface area contributed by atoms with Crippen molar-refractivity contribution in [3.05, 3.63) is 35.4 Å². The van der Waals surface area contributed by atoms with Gasteiger partial charge in [0.2, 0.25) is 0 Å². The van der Waals surface area contributed by atoms with Gasteiger partial charge in [-0.3, -0.25) is 4.90 Å². The summed E-state index contributed by atoms with van der Waals surface area (Å²) in [6.45, 7) is 6.27. The van der Waals surface area contributed by atoms with Crippen molar-refractivity contribution in [1.82, 2.24) is 4.90 Å². The van der Waals surface area contributed by atoms with Gasteiger partial charge in [0.1, 0.15) is 0 Å². The summed E-state index contributed by atoms with van der Waals surface area (Å²) in [6, 6.07) is 8.93. The normalized spacial score (nSPS) is 22.4. The van der Waals surface area contributed by atoms with Gasteiger partial charge < -0.3 is 5.11 Å². The molecule has 2 atom stereocenters. The third-order valence-electron chi connectivity index (χ3n) is 4.21. The van der Waals surface area contributed by atoms with Crippen LogP contribution in [0.4, 0.5) is 0 Å². The third-order valence-corrected chi connectivity index (χ3v) is 4.21. The van der Waals surface area contributed by atoms with Crippen LogP contribution in [0.15, 0.2) is 24.3 Å². The van der Waals surface area contributed by atoms with Gasteiger partial charge in [0.25, 0.3) is 0 Å². The summed E-state index contributed by atoms with van der Waals surface area (Å²) in [4.78, 5) is 2.50. The number of piperidine rings is 1. The topological polar surface area (TPSA) is 23.5 Å². The highest BCUT2D eigenvalue weighted by Gasteiger charge is 2.24. The van der Waals surface area contributed by atoms with Gasteiger partial charge in [0.05, 0.1) is 6.10 Å². The van der Waals surface area contributed by atoms with E-state index in [9.17, 15) is 5.11 Å². The molecule has 1 aliphatic heterocycles. The zero-order valence-electron chi connectivity index (χ0n) is 12.3. The van der Waals surface area contributed by atoms with Crippen LogP contribution in [-0.2, 0) is 0 Å². The molecule has 0 bridgehead atoms. The highest BCUT2D eigenvalue weighted by molar-refractivity contribution is 5.24. The molecular formula is C17H27NO. The zero-order valence-corrected chi connectivity index (χ0v) is 12.3. The van der Waals surface area contributed by atoms with Crippen LogP contribution in [0, 0.1) is 6.92 Å². The van der Waals surface area contributed by atoms with Gasteiger partial charge in [-0.05, 0) is 38.3 Å². The SMILES string of the molecule is CCCC1CCCCN1CC(O)c1cccc(C)c1. The Morgan fingerprint density at radius 2 is 2.21 bits per heavy atom. The number of hydrogen-bond acceptors (Lipinski definition) is 2. The molecule has 2 heteroatoms. The molecule has 2 unspecified atom stereocenters. The van der Waals surface area contributed by atoms with E-state index in [0.29, 0.717) is 6.04 Å². The molecule has 2 nitrogen and oxygen atoms in total. The van der Waals surface area contributed by atoms with Crippen molar-refractivity contribution in [3.8, 4) is 0 Å². The highest BCUT2D eigenvalue weighted by Crippen LogP contribution is 2.24. The molecule has 19 heavy (non-hydrogen) atoms. The largest absolute Gasteiger partial charge is 0.387 e. The standard InChI is InChI=1S/C17H27NO/c1-3-7-16-10-4-5-11-18(16)13-17(19)15-9-6-8-14(2)12-15/h6,8-9,12,16-17,19H,3-5,7,10-11,13H2,1-2H3. The maximum Gasteiger partial charge on any atom is 0.0917 e. The van der Waals surface area contributed by atoms with E-state index in [-0.39, 0.29) is 6.10 Å². The van der Waals surface area contributed by atoms with E-state index in [1.54, 1.807) is 0 Å². The number of aryl methyl sites for hydroxylation is 1. The third kappa shape index (κ3) is 4.05. The fourth-order valence-electron chi connectivity index (χ4n) is 3.17. The van der Waals surface area contributed by atoms with E-state index in [2.05, 4.69) is 30.9 Å². The van der Waals surface area contributed by atoms with E-state index in [1.807, 2.05) is 12.1 Å². The molecule has 0 spiro atoms. The van der Waals surface area contributed by atoms with Crippen LogP contribution in [0.5, 0.6) is 0 Å². The summed E-state index contributed by atoms with van der Waals surface area (Å²) < 4.78 is 0. The predicted octanol–water partition coefficient (Wildman–Crippen LogP) is 3.68. The second-order valence-corrected chi connectivity index (χ2v) is 5.86. The molecule has 1 fully saturated rings. The molecule has 1 aromatic carbocycles. The number of aliphatic hydroxyl groups is 1. The molecule has 1 aromatic rings. The Bertz CT molecular complexity index is 389. The number of rotatable bonds is 5. The number of benzene rings is 1. The van der Waals surface area contributed by atoms with Crippen LogP contribution in [-0.4, -0.2) is 29.1 Å².